The van der Waals surface area contributed by atoms with Gasteiger partial charge < -0.3 is 9.47 Å². The standard InChI is InChI=1S/C18H18N2O4/c1-13-5-3-4-6-16(13)24-12-17(21)20-19-11-14-7-9-15(10-8-14)18(22)23-2/h3-11H,12H2,1-2H3,(H,20,21). The third-order valence-corrected chi connectivity index (χ3v) is 3.19. The molecule has 2 rings (SSSR count). The van der Waals surface area contributed by atoms with Gasteiger partial charge >= 0.3 is 5.97 Å². The Morgan fingerprint density at radius 3 is 2.50 bits per heavy atom. The Bertz CT molecular complexity index is 739. The average Bonchev–Trinajstić information content (AvgIpc) is 2.61. The van der Waals surface area contributed by atoms with Gasteiger partial charge in [-0.25, -0.2) is 10.2 Å². The normalized spacial score (nSPS) is 10.4. The zero-order valence-electron chi connectivity index (χ0n) is 13.5. The van der Waals surface area contributed by atoms with E-state index in [1.165, 1.54) is 13.3 Å². The highest BCUT2D eigenvalue weighted by Gasteiger charge is 2.04. The van der Waals surface area contributed by atoms with Crippen molar-refractivity contribution >= 4 is 18.1 Å². The van der Waals surface area contributed by atoms with Crippen LogP contribution in [0.1, 0.15) is 21.5 Å². The van der Waals surface area contributed by atoms with Crippen molar-refractivity contribution in [1.29, 1.82) is 0 Å². The number of hydrogen-bond acceptors (Lipinski definition) is 5. The van der Waals surface area contributed by atoms with E-state index in [9.17, 15) is 9.59 Å². The van der Waals surface area contributed by atoms with Crippen molar-refractivity contribution in [2.24, 2.45) is 5.10 Å². The molecule has 0 saturated heterocycles. The molecule has 0 bridgehead atoms. The monoisotopic (exact) mass is 326 g/mol. The number of nitrogens with one attached hydrogen (secondary N) is 1. The summed E-state index contributed by atoms with van der Waals surface area (Å²) in [5, 5.41) is 3.85. The van der Waals surface area contributed by atoms with Gasteiger partial charge in [0, 0.05) is 0 Å². The predicted molar refractivity (Wildman–Crippen MR) is 90.2 cm³/mol. The molecule has 0 atom stereocenters. The molecular weight excluding hydrogens is 308 g/mol. The van der Waals surface area contributed by atoms with Gasteiger partial charge in [-0.05, 0) is 36.2 Å². The number of carbonyl (C=O) groups excluding carboxylic acids is 2. The Morgan fingerprint density at radius 1 is 1.12 bits per heavy atom. The number of aryl methyl sites for hydroxylation is 1. The van der Waals surface area contributed by atoms with Gasteiger partial charge in [-0.2, -0.15) is 5.10 Å². The van der Waals surface area contributed by atoms with Crippen molar-refractivity contribution in [2.75, 3.05) is 13.7 Å². The summed E-state index contributed by atoms with van der Waals surface area (Å²) >= 11 is 0. The number of methoxy groups -OCH3 is 1. The zero-order chi connectivity index (χ0) is 17.4. The van der Waals surface area contributed by atoms with Crippen LogP contribution in [0.25, 0.3) is 0 Å². The Kier molecular flexibility index (Phi) is 6.08. The molecule has 2 aromatic rings. The third kappa shape index (κ3) is 4.95. The van der Waals surface area contributed by atoms with E-state index in [2.05, 4.69) is 15.3 Å². The first-order valence-corrected chi connectivity index (χ1v) is 7.29. The van der Waals surface area contributed by atoms with Crippen molar-refractivity contribution < 1.29 is 19.1 Å². The number of benzene rings is 2. The molecule has 0 aromatic heterocycles. The number of carbonyl (C=O) groups is 2. The van der Waals surface area contributed by atoms with Gasteiger partial charge in [0.15, 0.2) is 6.61 Å². The Labute approximate surface area is 140 Å². The van der Waals surface area contributed by atoms with Crippen LogP contribution in [0.2, 0.25) is 0 Å². The van der Waals surface area contributed by atoms with E-state index in [1.807, 2.05) is 25.1 Å². The van der Waals surface area contributed by atoms with Crippen molar-refractivity contribution in [3.05, 3.63) is 65.2 Å². The predicted octanol–water partition coefficient (Wildman–Crippen LogP) is 2.31. The summed E-state index contributed by atoms with van der Waals surface area (Å²) in [7, 11) is 1.33. The lowest BCUT2D eigenvalue weighted by Gasteiger charge is -2.07. The van der Waals surface area contributed by atoms with Crippen LogP contribution in [-0.4, -0.2) is 31.8 Å². The fraction of sp³-hybridized carbons (Fsp3) is 0.167. The summed E-state index contributed by atoms with van der Waals surface area (Å²) in [5.41, 5.74) is 4.53. The highest BCUT2D eigenvalue weighted by atomic mass is 16.5. The number of amides is 1. The molecule has 2 aromatic carbocycles. The van der Waals surface area contributed by atoms with Gasteiger partial charge in [-0.1, -0.05) is 30.3 Å². The van der Waals surface area contributed by atoms with Crippen molar-refractivity contribution in [3.63, 3.8) is 0 Å². The molecule has 24 heavy (non-hydrogen) atoms. The summed E-state index contributed by atoms with van der Waals surface area (Å²) in [4.78, 5) is 23.0. The minimum atomic E-state index is -0.403. The van der Waals surface area contributed by atoms with Gasteiger partial charge in [0.2, 0.25) is 0 Å². The van der Waals surface area contributed by atoms with E-state index in [-0.39, 0.29) is 12.5 Å². The number of para-hydroxylation sites is 1. The van der Waals surface area contributed by atoms with Gasteiger partial charge in [-0.15, -0.1) is 0 Å². The summed E-state index contributed by atoms with van der Waals surface area (Å²) in [6.45, 7) is 1.78. The number of rotatable bonds is 6. The number of hydrazone groups is 1. The molecule has 0 unspecified atom stereocenters. The first-order chi connectivity index (χ1) is 11.6. The second kappa shape index (κ2) is 8.47. The summed E-state index contributed by atoms with van der Waals surface area (Å²) in [6.07, 6.45) is 1.48. The van der Waals surface area contributed by atoms with Gasteiger partial charge in [0.1, 0.15) is 5.75 Å². The van der Waals surface area contributed by atoms with Crippen molar-refractivity contribution in [1.82, 2.24) is 5.43 Å². The molecule has 0 fully saturated rings. The first-order valence-electron chi connectivity index (χ1n) is 7.29. The van der Waals surface area contributed by atoms with Crippen molar-refractivity contribution in [3.8, 4) is 5.75 Å². The molecule has 6 nitrogen and oxygen atoms in total. The summed E-state index contributed by atoms with van der Waals surface area (Å²) in [6, 6.07) is 14.1. The van der Waals surface area contributed by atoms with Crippen LogP contribution in [0, 0.1) is 6.92 Å². The van der Waals surface area contributed by atoms with E-state index in [4.69, 9.17) is 4.74 Å². The van der Waals surface area contributed by atoms with Crippen LogP contribution in [-0.2, 0) is 9.53 Å². The minimum Gasteiger partial charge on any atom is -0.483 e. The van der Waals surface area contributed by atoms with E-state index in [0.29, 0.717) is 11.3 Å². The molecule has 0 aliphatic heterocycles. The lowest BCUT2D eigenvalue weighted by atomic mass is 10.1. The maximum atomic E-state index is 11.7. The first kappa shape index (κ1) is 17.2. The number of hydrogen-bond donors (Lipinski definition) is 1. The quantitative estimate of drug-likeness (QED) is 0.502. The van der Waals surface area contributed by atoms with Crippen molar-refractivity contribution in [2.45, 2.75) is 6.92 Å². The Hall–Kier alpha value is -3.15. The molecule has 0 saturated carbocycles. The largest absolute Gasteiger partial charge is 0.483 e. The lowest BCUT2D eigenvalue weighted by Crippen LogP contribution is -2.24. The third-order valence-electron chi connectivity index (χ3n) is 3.19. The summed E-state index contributed by atoms with van der Waals surface area (Å²) < 4.78 is 10.0. The smallest absolute Gasteiger partial charge is 0.337 e. The second-order valence-electron chi connectivity index (χ2n) is 4.96. The minimum absolute atomic E-state index is 0.122. The SMILES string of the molecule is COC(=O)c1ccc(C=NNC(=O)COc2ccccc2C)cc1. The van der Waals surface area contributed by atoms with Gasteiger partial charge in [0.25, 0.3) is 5.91 Å². The van der Waals surface area contributed by atoms with E-state index in [1.54, 1.807) is 30.3 Å². The average molecular weight is 326 g/mol. The molecule has 0 heterocycles. The molecule has 1 N–H and O–H groups in total. The number of ether oxygens (including phenoxy) is 2. The molecule has 0 spiro atoms. The molecule has 0 aliphatic rings. The lowest BCUT2D eigenvalue weighted by molar-refractivity contribution is -0.123. The maximum absolute atomic E-state index is 11.7. The van der Waals surface area contributed by atoms with E-state index >= 15 is 0 Å². The zero-order valence-corrected chi connectivity index (χ0v) is 13.5. The van der Waals surface area contributed by atoms with Gasteiger partial charge in [-0.3, -0.25) is 4.79 Å². The highest BCUT2D eigenvalue weighted by molar-refractivity contribution is 5.90. The molecule has 1 amide bonds. The molecule has 6 heteroatoms. The Morgan fingerprint density at radius 2 is 1.83 bits per heavy atom. The van der Waals surface area contributed by atoms with E-state index in [0.717, 1.165) is 11.1 Å². The summed E-state index contributed by atoms with van der Waals surface area (Å²) in [5.74, 6) is -0.101. The number of nitrogens with zero attached hydrogens (tertiary/aromatic N) is 1. The van der Waals surface area contributed by atoms with Crippen LogP contribution in [0.5, 0.6) is 5.75 Å². The fourth-order valence-corrected chi connectivity index (χ4v) is 1.90. The highest BCUT2D eigenvalue weighted by Crippen LogP contribution is 2.15. The molecular formula is C18H18N2O4. The van der Waals surface area contributed by atoms with E-state index < -0.39 is 5.97 Å². The Balaban J connectivity index is 1.82. The molecule has 124 valence electrons. The van der Waals surface area contributed by atoms with Gasteiger partial charge in [0.05, 0.1) is 18.9 Å². The molecule has 0 aliphatic carbocycles. The number of esters is 1. The second-order valence-corrected chi connectivity index (χ2v) is 4.96. The fourth-order valence-electron chi connectivity index (χ4n) is 1.90. The topological polar surface area (TPSA) is 77.0 Å². The van der Waals surface area contributed by atoms with Crippen LogP contribution >= 0.6 is 0 Å². The van der Waals surface area contributed by atoms with Crippen LogP contribution in [0.15, 0.2) is 53.6 Å². The van der Waals surface area contributed by atoms with Crippen LogP contribution in [0.3, 0.4) is 0 Å². The maximum Gasteiger partial charge on any atom is 0.337 e. The molecule has 0 radical (unpaired) electrons. The van der Waals surface area contributed by atoms with Crippen LogP contribution in [0.4, 0.5) is 0 Å². The van der Waals surface area contributed by atoms with Crippen LogP contribution < -0.4 is 10.2 Å².